The van der Waals surface area contributed by atoms with Crippen molar-refractivity contribution in [3.05, 3.63) is 39.4 Å². The Labute approximate surface area is 117 Å². The van der Waals surface area contributed by atoms with Gasteiger partial charge in [0.2, 0.25) is 0 Å². The number of hydrogen-bond donors (Lipinski definition) is 0. The number of benzene rings is 1. The summed E-state index contributed by atoms with van der Waals surface area (Å²) in [5.74, 6) is 0.667. The molecule has 0 aromatic heterocycles. The molecular formula is C14H20BrNO2. The van der Waals surface area contributed by atoms with Crippen molar-refractivity contribution in [2.45, 2.75) is 44.9 Å². The highest BCUT2D eigenvalue weighted by Gasteiger charge is 2.14. The first-order valence-corrected chi connectivity index (χ1v) is 7.20. The highest BCUT2D eigenvalue weighted by atomic mass is 79.9. The van der Waals surface area contributed by atoms with Crippen LogP contribution in [0.4, 0.5) is 5.69 Å². The molecule has 0 bridgehead atoms. The average molecular weight is 314 g/mol. The van der Waals surface area contributed by atoms with Crippen LogP contribution in [0.1, 0.15) is 37.8 Å². The summed E-state index contributed by atoms with van der Waals surface area (Å²) >= 11 is 3.67. The summed E-state index contributed by atoms with van der Waals surface area (Å²) in [5.41, 5.74) is 2.10. The third kappa shape index (κ3) is 4.41. The minimum atomic E-state index is -0.307. The van der Waals surface area contributed by atoms with Crippen molar-refractivity contribution in [2.24, 2.45) is 5.92 Å². The third-order valence-corrected chi connectivity index (χ3v) is 3.90. The fourth-order valence-corrected chi connectivity index (χ4v) is 3.06. The minimum Gasteiger partial charge on any atom is -0.258 e. The number of rotatable bonds is 6. The molecule has 0 aliphatic carbocycles. The highest BCUT2D eigenvalue weighted by Crippen LogP contribution is 2.24. The molecule has 0 saturated heterocycles. The lowest BCUT2D eigenvalue weighted by Gasteiger charge is -2.13. The Hall–Kier alpha value is -0.900. The summed E-state index contributed by atoms with van der Waals surface area (Å²) in [5, 5.41) is 10.9. The van der Waals surface area contributed by atoms with Gasteiger partial charge < -0.3 is 0 Å². The van der Waals surface area contributed by atoms with E-state index in [1.807, 2.05) is 13.0 Å². The molecule has 100 valence electrons. The molecule has 18 heavy (non-hydrogen) atoms. The topological polar surface area (TPSA) is 43.1 Å². The lowest BCUT2D eigenvalue weighted by Crippen LogP contribution is -2.05. The second-order valence-electron chi connectivity index (χ2n) is 5.08. The molecule has 0 saturated carbocycles. The average Bonchev–Trinajstić information content (AvgIpc) is 2.26. The molecule has 4 heteroatoms. The monoisotopic (exact) mass is 313 g/mol. The first-order valence-electron chi connectivity index (χ1n) is 6.28. The third-order valence-electron chi connectivity index (χ3n) is 3.07. The van der Waals surface area contributed by atoms with Gasteiger partial charge in [-0.3, -0.25) is 10.1 Å². The molecule has 1 aromatic rings. The van der Waals surface area contributed by atoms with Crippen molar-refractivity contribution in [1.29, 1.82) is 0 Å². The minimum absolute atomic E-state index is 0.225. The normalized spacial score (nSPS) is 12.7. The maximum Gasteiger partial charge on any atom is 0.272 e. The van der Waals surface area contributed by atoms with E-state index in [9.17, 15) is 10.1 Å². The Morgan fingerprint density at radius 1 is 1.39 bits per heavy atom. The maximum absolute atomic E-state index is 10.9. The predicted octanol–water partition coefficient (Wildman–Crippen LogP) is 4.65. The molecule has 1 unspecified atom stereocenters. The van der Waals surface area contributed by atoms with Gasteiger partial charge in [0, 0.05) is 16.5 Å². The second kappa shape index (κ2) is 6.88. The summed E-state index contributed by atoms with van der Waals surface area (Å²) in [4.78, 5) is 11.0. The smallest absolute Gasteiger partial charge is 0.258 e. The van der Waals surface area contributed by atoms with Gasteiger partial charge in [-0.25, -0.2) is 0 Å². The van der Waals surface area contributed by atoms with Crippen molar-refractivity contribution in [1.82, 2.24) is 0 Å². The number of hydrogen-bond acceptors (Lipinski definition) is 2. The number of halogens is 1. The molecule has 1 aromatic carbocycles. The zero-order chi connectivity index (χ0) is 13.7. The van der Waals surface area contributed by atoms with Crippen LogP contribution in [0.25, 0.3) is 0 Å². The van der Waals surface area contributed by atoms with Crippen LogP contribution in [-0.2, 0) is 6.42 Å². The summed E-state index contributed by atoms with van der Waals surface area (Å²) in [6.45, 7) is 6.24. The van der Waals surface area contributed by atoms with E-state index in [0.29, 0.717) is 10.7 Å². The van der Waals surface area contributed by atoms with E-state index in [4.69, 9.17) is 0 Å². The molecule has 0 aliphatic heterocycles. The Morgan fingerprint density at radius 3 is 2.61 bits per heavy atom. The van der Waals surface area contributed by atoms with E-state index < -0.39 is 0 Å². The maximum atomic E-state index is 10.9. The van der Waals surface area contributed by atoms with Crippen molar-refractivity contribution >= 4 is 21.6 Å². The molecule has 0 heterocycles. The predicted molar refractivity (Wildman–Crippen MR) is 78.3 cm³/mol. The van der Waals surface area contributed by atoms with Gasteiger partial charge in [-0.15, -0.1) is 0 Å². The van der Waals surface area contributed by atoms with Gasteiger partial charge in [0.15, 0.2) is 0 Å². The first-order chi connectivity index (χ1) is 8.41. The van der Waals surface area contributed by atoms with E-state index >= 15 is 0 Å². The zero-order valence-corrected chi connectivity index (χ0v) is 12.7. The lowest BCUT2D eigenvalue weighted by atomic mass is 9.99. The van der Waals surface area contributed by atoms with Crippen LogP contribution in [-0.4, -0.2) is 9.75 Å². The van der Waals surface area contributed by atoms with Gasteiger partial charge in [0.25, 0.3) is 5.69 Å². The molecule has 3 nitrogen and oxygen atoms in total. The summed E-state index contributed by atoms with van der Waals surface area (Å²) in [6.07, 6.45) is 3.03. The number of alkyl halides is 1. The Bertz CT molecular complexity index is 418. The van der Waals surface area contributed by atoms with Crippen molar-refractivity contribution < 1.29 is 4.92 Å². The molecule has 0 fully saturated rings. The number of aryl methyl sites for hydroxylation is 1. The van der Waals surface area contributed by atoms with Gasteiger partial charge >= 0.3 is 0 Å². The molecule has 0 aliphatic rings. The van der Waals surface area contributed by atoms with E-state index in [1.165, 1.54) is 0 Å². The first kappa shape index (κ1) is 15.2. The van der Waals surface area contributed by atoms with Crippen LogP contribution in [0.3, 0.4) is 0 Å². The van der Waals surface area contributed by atoms with Crippen LogP contribution in [0.15, 0.2) is 18.2 Å². The Balaban J connectivity index is 2.68. The van der Waals surface area contributed by atoms with E-state index in [0.717, 1.165) is 30.4 Å². The zero-order valence-electron chi connectivity index (χ0n) is 11.1. The molecule has 0 amide bonds. The lowest BCUT2D eigenvalue weighted by molar-refractivity contribution is -0.385. The van der Waals surface area contributed by atoms with Crippen molar-refractivity contribution in [3.8, 4) is 0 Å². The van der Waals surface area contributed by atoms with Crippen LogP contribution >= 0.6 is 15.9 Å². The Morgan fingerprint density at radius 2 is 2.06 bits per heavy atom. The SMILES string of the molecule is Cc1c(CCC(Br)CC(C)C)cccc1[N+](=O)[O-]. The molecule has 1 atom stereocenters. The van der Waals surface area contributed by atoms with Crippen LogP contribution in [0.5, 0.6) is 0 Å². The molecular weight excluding hydrogens is 294 g/mol. The van der Waals surface area contributed by atoms with Crippen LogP contribution < -0.4 is 0 Å². The summed E-state index contributed by atoms with van der Waals surface area (Å²) in [7, 11) is 0. The fraction of sp³-hybridized carbons (Fsp3) is 0.571. The van der Waals surface area contributed by atoms with Crippen LogP contribution in [0.2, 0.25) is 0 Å². The van der Waals surface area contributed by atoms with E-state index in [2.05, 4.69) is 29.8 Å². The highest BCUT2D eigenvalue weighted by molar-refractivity contribution is 9.09. The summed E-state index contributed by atoms with van der Waals surface area (Å²) in [6, 6.07) is 5.32. The number of nitro benzene ring substituents is 1. The second-order valence-corrected chi connectivity index (χ2v) is 6.38. The van der Waals surface area contributed by atoms with Gasteiger partial charge in [-0.2, -0.15) is 0 Å². The quantitative estimate of drug-likeness (QED) is 0.436. The molecule has 0 N–H and O–H groups in total. The van der Waals surface area contributed by atoms with Crippen molar-refractivity contribution in [2.75, 3.05) is 0 Å². The Kier molecular flexibility index (Phi) is 5.79. The molecule has 0 spiro atoms. The van der Waals surface area contributed by atoms with Gasteiger partial charge in [-0.1, -0.05) is 41.9 Å². The largest absolute Gasteiger partial charge is 0.272 e. The van der Waals surface area contributed by atoms with Gasteiger partial charge in [0.1, 0.15) is 0 Å². The summed E-state index contributed by atoms with van der Waals surface area (Å²) < 4.78 is 0. The fourth-order valence-electron chi connectivity index (χ4n) is 2.08. The van der Waals surface area contributed by atoms with Gasteiger partial charge in [-0.05, 0) is 37.7 Å². The van der Waals surface area contributed by atoms with E-state index in [1.54, 1.807) is 12.1 Å². The molecule has 1 rings (SSSR count). The number of nitro groups is 1. The molecule has 0 radical (unpaired) electrons. The van der Waals surface area contributed by atoms with E-state index in [-0.39, 0.29) is 10.6 Å². The van der Waals surface area contributed by atoms with Gasteiger partial charge in [0.05, 0.1) is 4.92 Å². The standard InChI is InChI=1S/C14H20BrNO2/c1-10(2)9-13(15)8-7-12-5-4-6-14(11(12)3)16(17)18/h4-6,10,13H,7-9H2,1-3H3. The van der Waals surface area contributed by atoms with Crippen LogP contribution in [0, 0.1) is 23.0 Å². The number of nitrogens with zero attached hydrogens (tertiary/aromatic N) is 1. The van der Waals surface area contributed by atoms with Crippen molar-refractivity contribution in [3.63, 3.8) is 0 Å².